The van der Waals surface area contributed by atoms with Gasteiger partial charge in [-0.3, -0.25) is 9.59 Å². The Balaban J connectivity index is 1.54. The smallest absolute Gasteiger partial charge is 0.337 e. The minimum atomic E-state index is -0.628. The molecule has 3 aliphatic rings. The zero-order valence-corrected chi connectivity index (χ0v) is 16.5. The van der Waals surface area contributed by atoms with Crippen molar-refractivity contribution in [3.8, 4) is 0 Å². The molecule has 2 N–H and O–H groups in total. The summed E-state index contributed by atoms with van der Waals surface area (Å²) in [5.41, 5.74) is 1.21. The van der Waals surface area contributed by atoms with E-state index in [0.717, 1.165) is 6.42 Å². The number of β-amino-alcohol motifs (C(OH)–C–C–N with tert-alkyl or cyclic N) is 1. The van der Waals surface area contributed by atoms with E-state index in [1.54, 1.807) is 29.2 Å². The highest BCUT2D eigenvalue weighted by Gasteiger charge is 2.48. The first-order valence-corrected chi connectivity index (χ1v) is 9.69. The number of esters is 1. The molecule has 2 fully saturated rings. The monoisotopic (exact) mass is 414 g/mol. The third-order valence-electron chi connectivity index (χ3n) is 5.54. The second-order valence-electron chi connectivity index (χ2n) is 7.27. The molecule has 3 heterocycles. The number of rotatable bonds is 6. The van der Waals surface area contributed by atoms with Crippen molar-refractivity contribution < 1.29 is 29.0 Å². The van der Waals surface area contributed by atoms with Crippen LogP contribution < -0.4 is 10.2 Å². The number of aliphatic hydroxyl groups is 1. The lowest BCUT2D eigenvalue weighted by atomic mass is 10.2. The fourth-order valence-corrected chi connectivity index (χ4v) is 4.05. The van der Waals surface area contributed by atoms with Gasteiger partial charge in [0.25, 0.3) is 11.8 Å². The standard InChI is InChI=1S/C20H22N4O6/c1-30-19(28)14-11-22(9-10-25)18(27)16(14)21-12-4-6-13(7-5-12)24-17(26)15-3-2-8-23(15)20(24)29/h4-7,15,21,25H,2-3,8-11H2,1H3. The number of benzene rings is 1. The molecule has 1 atom stereocenters. The third kappa shape index (κ3) is 3.18. The van der Waals surface area contributed by atoms with Crippen molar-refractivity contribution in [1.82, 2.24) is 9.80 Å². The molecule has 158 valence electrons. The maximum Gasteiger partial charge on any atom is 0.337 e. The number of methoxy groups -OCH3 is 1. The van der Waals surface area contributed by atoms with E-state index in [9.17, 15) is 19.2 Å². The Bertz CT molecular complexity index is 919. The van der Waals surface area contributed by atoms with Gasteiger partial charge >= 0.3 is 12.0 Å². The second kappa shape index (κ2) is 7.79. The molecule has 1 aromatic carbocycles. The van der Waals surface area contributed by atoms with Gasteiger partial charge in [-0.15, -0.1) is 0 Å². The van der Waals surface area contributed by atoms with Crippen LogP contribution in [0.2, 0.25) is 0 Å². The van der Waals surface area contributed by atoms with Crippen LogP contribution in [0.4, 0.5) is 16.2 Å². The summed E-state index contributed by atoms with van der Waals surface area (Å²) in [5, 5.41) is 12.1. The summed E-state index contributed by atoms with van der Waals surface area (Å²) < 4.78 is 4.76. The lowest BCUT2D eigenvalue weighted by Gasteiger charge is -2.17. The zero-order valence-electron chi connectivity index (χ0n) is 16.5. The SMILES string of the molecule is COC(=O)C1=C(Nc2ccc(N3C(=O)C4CCCN4C3=O)cc2)C(=O)N(CCO)C1. The summed E-state index contributed by atoms with van der Waals surface area (Å²) in [5.74, 6) is -1.27. The number of carbonyl (C=O) groups excluding carboxylic acids is 4. The highest BCUT2D eigenvalue weighted by molar-refractivity contribution is 6.21. The van der Waals surface area contributed by atoms with Gasteiger partial charge in [-0.25, -0.2) is 14.5 Å². The van der Waals surface area contributed by atoms with Gasteiger partial charge in [-0.1, -0.05) is 0 Å². The maximum atomic E-state index is 12.6. The quantitative estimate of drug-likeness (QED) is 0.507. The van der Waals surface area contributed by atoms with Crippen molar-refractivity contribution in [2.75, 3.05) is 43.6 Å². The molecule has 2 saturated heterocycles. The van der Waals surface area contributed by atoms with Crippen LogP contribution in [0.25, 0.3) is 0 Å². The fourth-order valence-electron chi connectivity index (χ4n) is 4.05. The van der Waals surface area contributed by atoms with Gasteiger partial charge in [-0.2, -0.15) is 0 Å². The summed E-state index contributed by atoms with van der Waals surface area (Å²) in [6.45, 7) is 0.501. The molecule has 4 rings (SSSR count). The molecule has 0 bridgehead atoms. The van der Waals surface area contributed by atoms with Gasteiger partial charge in [0.1, 0.15) is 11.7 Å². The van der Waals surface area contributed by atoms with Crippen LogP contribution in [0.5, 0.6) is 0 Å². The van der Waals surface area contributed by atoms with Crippen LogP contribution in [-0.2, 0) is 19.1 Å². The Morgan fingerprint density at radius 3 is 2.60 bits per heavy atom. The van der Waals surface area contributed by atoms with Gasteiger partial charge in [0.15, 0.2) is 0 Å². The second-order valence-corrected chi connectivity index (χ2v) is 7.27. The number of hydrogen-bond donors (Lipinski definition) is 2. The molecule has 0 aromatic heterocycles. The highest BCUT2D eigenvalue weighted by atomic mass is 16.5. The number of ether oxygens (including phenoxy) is 1. The Kier molecular flexibility index (Phi) is 5.17. The molecular weight excluding hydrogens is 392 g/mol. The van der Waals surface area contributed by atoms with Gasteiger partial charge in [0.05, 0.1) is 31.5 Å². The number of amides is 4. The third-order valence-corrected chi connectivity index (χ3v) is 5.54. The Morgan fingerprint density at radius 2 is 1.97 bits per heavy atom. The molecule has 0 spiro atoms. The number of imide groups is 1. The van der Waals surface area contributed by atoms with Crippen LogP contribution in [-0.4, -0.2) is 78.1 Å². The average molecular weight is 414 g/mol. The van der Waals surface area contributed by atoms with E-state index < -0.39 is 11.9 Å². The van der Waals surface area contributed by atoms with Gasteiger partial charge < -0.3 is 25.0 Å². The van der Waals surface area contributed by atoms with Gasteiger partial charge in [0, 0.05) is 18.8 Å². The van der Waals surface area contributed by atoms with E-state index in [2.05, 4.69) is 5.32 Å². The van der Waals surface area contributed by atoms with Crippen LogP contribution >= 0.6 is 0 Å². The molecule has 0 saturated carbocycles. The number of carbonyl (C=O) groups is 4. The van der Waals surface area contributed by atoms with Crippen molar-refractivity contribution in [2.24, 2.45) is 0 Å². The molecule has 1 unspecified atom stereocenters. The summed E-state index contributed by atoms with van der Waals surface area (Å²) in [4.78, 5) is 53.9. The molecule has 30 heavy (non-hydrogen) atoms. The summed E-state index contributed by atoms with van der Waals surface area (Å²) in [7, 11) is 1.23. The first kappa shape index (κ1) is 19.9. The molecule has 3 aliphatic heterocycles. The lowest BCUT2D eigenvalue weighted by molar-refractivity contribution is -0.136. The van der Waals surface area contributed by atoms with Crippen molar-refractivity contribution in [2.45, 2.75) is 18.9 Å². The van der Waals surface area contributed by atoms with E-state index >= 15 is 0 Å². The number of urea groups is 1. The van der Waals surface area contributed by atoms with Crippen molar-refractivity contribution in [1.29, 1.82) is 0 Å². The van der Waals surface area contributed by atoms with E-state index in [4.69, 9.17) is 9.84 Å². The minimum absolute atomic E-state index is 0.0422. The van der Waals surface area contributed by atoms with Crippen LogP contribution in [0, 0.1) is 0 Å². The highest BCUT2D eigenvalue weighted by Crippen LogP contribution is 2.32. The molecule has 10 nitrogen and oxygen atoms in total. The zero-order chi connectivity index (χ0) is 21.4. The van der Waals surface area contributed by atoms with E-state index in [-0.39, 0.29) is 48.9 Å². The molecular formula is C20H22N4O6. The first-order valence-electron chi connectivity index (χ1n) is 9.69. The first-order chi connectivity index (χ1) is 14.5. The molecule has 10 heteroatoms. The fraction of sp³-hybridized carbons (Fsp3) is 0.400. The predicted octanol–water partition coefficient (Wildman–Crippen LogP) is 0.291. The molecule has 0 aliphatic carbocycles. The largest absolute Gasteiger partial charge is 0.466 e. The molecule has 4 amide bonds. The van der Waals surface area contributed by atoms with E-state index in [1.807, 2.05) is 0 Å². The summed E-state index contributed by atoms with van der Waals surface area (Å²) in [6, 6.07) is 5.79. The predicted molar refractivity (Wildman–Crippen MR) is 105 cm³/mol. The topological polar surface area (TPSA) is 119 Å². The average Bonchev–Trinajstić information content (AvgIpc) is 3.41. The Hall–Kier alpha value is -3.40. The molecule has 0 radical (unpaired) electrons. The lowest BCUT2D eigenvalue weighted by Crippen LogP contribution is -2.33. The van der Waals surface area contributed by atoms with Crippen LogP contribution in [0.1, 0.15) is 12.8 Å². The number of hydrogen-bond acceptors (Lipinski definition) is 7. The van der Waals surface area contributed by atoms with Crippen LogP contribution in [0.15, 0.2) is 35.5 Å². The van der Waals surface area contributed by atoms with Crippen LogP contribution in [0.3, 0.4) is 0 Å². The molecule has 1 aromatic rings. The number of fused-ring (bicyclic) bond motifs is 1. The minimum Gasteiger partial charge on any atom is -0.466 e. The van der Waals surface area contributed by atoms with E-state index in [1.165, 1.54) is 16.9 Å². The maximum absolute atomic E-state index is 12.6. The van der Waals surface area contributed by atoms with Crippen molar-refractivity contribution >= 4 is 35.2 Å². The Labute approximate surface area is 172 Å². The van der Waals surface area contributed by atoms with Gasteiger partial charge in [-0.05, 0) is 37.1 Å². The van der Waals surface area contributed by atoms with Crippen molar-refractivity contribution in [3.63, 3.8) is 0 Å². The summed E-state index contributed by atoms with van der Waals surface area (Å²) in [6.07, 6.45) is 1.51. The van der Waals surface area contributed by atoms with Crippen molar-refractivity contribution in [3.05, 3.63) is 35.5 Å². The summed E-state index contributed by atoms with van der Waals surface area (Å²) >= 11 is 0. The Morgan fingerprint density at radius 1 is 1.23 bits per heavy atom. The number of nitrogens with one attached hydrogen (secondary N) is 1. The number of nitrogens with zero attached hydrogens (tertiary/aromatic N) is 3. The van der Waals surface area contributed by atoms with Gasteiger partial charge in [0.2, 0.25) is 0 Å². The van der Waals surface area contributed by atoms with E-state index in [0.29, 0.717) is 24.3 Å². The number of anilines is 2. The number of aliphatic hydroxyl groups excluding tert-OH is 1. The normalized spacial score (nSPS) is 21.1.